The SMILES string of the molecule is c1ccc(-c2ccc(-c3ccccc3N(c3ccccc3)c3cc(-c4cc5ccccc5c5ccccc45)cc(N(c4ccccc4)c4ccc5c6ccccc6n(-c6ccccc6)c5c4)c3)cc2)cc1. The molecule has 13 rings (SSSR count). The van der Waals surface area contributed by atoms with Crippen molar-refractivity contribution in [3.63, 3.8) is 0 Å². The van der Waals surface area contributed by atoms with Crippen LogP contribution in [0.3, 0.4) is 0 Å². The third-order valence-electron chi connectivity index (χ3n) is 13.9. The fourth-order valence-electron chi connectivity index (χ4n) is 10.7. The zero-order valence-electron chi connectivity index (χ0n) is 39.0. The van der Waals surface area contributed by atoms with Crippen LogP contribution in [0.4, 0.5) is 34.1 Å². The first-order chi connectivity index (χ1) is 35.2. The van der Waals surface area contributed by atoms with Crippen molar-refractivity contribution in [2.75, 3.05) is 9.80 Å². The van der Waals surface area contributed by atoms with E-state index in [0.717, 1.165) is 62.0 Å². The molecule has 0 saturated heterocycles. The molecule has 0 aliphatic rings. The molecule has 334 valence electrons. The highest BCUT2D eigenvalue weighted by molar-refractivity contribution is 6.14. The summed E-state index contributed by atoms with van der Waals surface area (Å²) in [4.78, 5) is 4.87. The van der Waals surface area contributed by atoms with Crippen molar-refractivity contribution in [1.29, 1.82) is 0 Å². The summed E-state index contributed by atoms with van der Waals surface area (Å²) in [6.07, 6.45) is 0. The van der Waals surface area contributed by atoms with Gasteiger partial charge in [0.2, 0.25) is 0 Å². The zero-order valence-corrected chi connectivity index (χ0v) is 39.0. The molecular weight excluding hydrogens is 859 g/mol. The Labute approximate surface area is 414 Å². The molecular formula is C68H47N3. The van der Waals surface area contributed by atoms with Crippen molar-refractivity contribution in [1.82, 2.24) is 4.57 Å². The monoisotopic (exact) mass is 905 g/mol. The van der Waals surface area contributed by atoms with E-state index in [1.807, 2.05) is 0 Å². The number of anilines is 6. The summed E-state index contributed by atoms with van der Waals surface area (Å²) in [6.45, 7) is 0. The highest BCUT2D eigenvalue weighted by Crippen LogP contribution is 2.48. The molecule has 0 aliphatic carbocycles. The Morgan fingerprint density at radius 2 is 0.761 bits per heavy atom. The van der Waals surface area contributed by atoms with Gasteiger partial charge < -0.3 is 14.4 Å². The summed E-state index contributed by atoms with van der Waals surface area (Å²) in [7, 11) is 0. The van der Waals surface area contributed by atoms with Crippen LogP contribution in [0.2, 0.25) is 0 Å². The Bertz CT molecular complexity index is 4030. The predicted molar refractivity (Wildman–Crippen MR) is 301 cm³/mol. The predicted octanol–water partition coefficient (Wildman–Crippen LogP) is 19.0. The lowest BCUT2D eigenvalue weighted by Gasteiger charge is -2.31. The molecule has 13 aromatic rings. The van der Waals surface area contributed by atoms with E-state index in [0.29, 0.717) is 0 Å². The molecule has 1 aromatic heterocycles. The molecule has 0 atom stereocenters. The van der Waals surface area contributed by atoms with Crippen molar-refractivity contribution >= 4 is 77.5 Å². The van der Waals surface area contributed by atoms with E-state index in [1.165, 1.54) is 54.5 Å². The van der Waals surface area contributed by atoms with E-state index in [1.54, 1.807) is 0 Å². The first kappa shape index (κ1) is 41.7. The van der Waals surface area contributed by atoms with Crippen molar-refractivity contribution in [3.05, 3.63) is 285 Å². The van der Waals surface area contributed by atoms with Gasteiger partial charge in [0.1, 0.15) is 0 Å². The second-order valence-corrected chi connectivity index (χ2v) is 18.1. The summed E-state index contributed by atoms with van der Waals surface area (Å²) < 4.78 is 2.40. The average molecular weight is 906 g/mol. The summed E-state index contributed by atoms with van der Waals surface area (Å²) in [5, 5.41) is 7.33. The van der Waals surface area contributed by atoms with Gasteiger partial charge in [-0.2, -0.15) is 0 Å². The fourth-order valence-corrected chi connectivity index (χ4v) is 10.7. The maximum absolute atomic E-state index is 2.44. The molecule has 3 heteroatoms. The van der Waals surface area contributed by atoms with E-state index in [4.69, 9.17) is 0 Å². The third-order valence-corrected chi connectivity index (χ3v) is 13.9. The van der Waals surface area contributed by atoms with Gasteiger partial charge >= 0.3 is 0 Å². The van der Waals surface area contributed by atoms with Crippen molar-refractivity contribution < 1.29 is 0 Å². The topological polar surface area (TPSA) is 11.4 Å². The minimum Gasteiger partial charge on any atom is -0.310 e. The van der Waals surface area contributed by atoms with Crippen LogP contribution in [-0.4, -0.2) is 4.57 Å². The van der Waals surface area contributed by atoms with Crippen LogP contribution in [-0.2, 0) is 0 Å². The Morgan fingerprint density at radius 1 is 0.239 bits per heavy atom. The lowest BCUT2D eigenvalue weighted by Crippen LogP contribution is -2.14. The molecule has 0 aliphatic heterocycles. The van der Waals surface area contributed by atoms with Gasteiger partial charge in [0, 0.05) is 50.5 Å². The number of aromatic nitrogens is 1. The largest absolute Gasteiger partial charge is 0.310 e. The van der Waals surface area contributed by atoms with Crippen LogP contribution in [0.25, 0.3) is 82.4 Å². The van der Waals surface area contributed by atoms with Gasteiger partial charge in [-0.1, -0.05) is 200 Å². The maximum Gasteiger partial charge on any atom is 0.0561 e. The van der Waals surface area contributed by atoms with Gasteiger partial charge in [-0.3, -0.25) is 0 Å². The van der Waals surface area contributed by atoms with Gasteiger partial charge in [0.15, 0.2) is 0 Å². The molecule has 0 amide bonds. The second kappa shape index (κ2) is 17.9. The van der Waals surface area contributed by atoms with Crippen LogP contribution >= 0.6 is 0 Å². The number of para-hydroxylation sites is 5. The third kappa shape index (κ3) is 7.58. The number of benzene rings is 12. The van der Waals surface area contributed by atoms with E-state index in [-0.39, 0.29) is 0 Å². The smallest absolute Gasteiger partial charge is 0.0561 e. The second-order valence-electron chi connectivity index (χ2n) is 18.1. The van der Waals surface area contributed by atoms with Crippen LogP contribution in [0.5, 0.6) is 0 Å². The minimum absolute atomic E-state index is 1.04. The molecule has 0 radical (unpaired) electrons. The number of fused-ring (bicyclic) bond motifs is 6. The van der Waals surface area contributed by atoms with E-state index in [9.17, 15) is 0 Å². The van der Waals surface area contributed by atoms with Gasteiger partial charge in [-0.15, -0.1) is 0 Å². The molecule has 1 heterocycles. The van der Waals surface area contributed by atoms with E-state index in [2.05, 4.69) is 299 Å². The number of hydrogen-bond acceptors (Lipinski definition) is 2. The zero-order chi connectivity index (χ0) is 47.1. The lowest BCUT2D eigenvalue weighted by atomic mass is 9.92. The Hall–Kier alpha value is -9.44. The normalized spacial score (nSPS) is 11.4. The quantitative estimate of drug-likeness (QED) is 0.127. The molecule has 0 fully saturated rings. The standard InChI is InChI=1S/C68H47N3/c1-5-21-48(22-6-1)49-37-39-50(40-38-49)60-31-17-19-35-66(60)70(54-26-9-3-10-27-54)58-44-52(65-45-51-23-13-14-30-59(51)61-32-15-16-33-62(61)65)43-57(46-58)69(53-24-7-2-8-25-53)56-41-42-64-63-34-18-20-36-67(63)71(68(64)47-56)55-28-11-4-12-29-55/h1-47H. The molecule has 3 nitrogen and oxygen atoms in total. The number of hydrogen-bond donors (Lipinski definition) is 0. The van der Waals surface area contributed by atoms with Crippen molar-refractivity contribution in [2.45, 2.75) is 0 Å². The summed E-state index contributed by atoms with van der Waals surface area (Å²) in [6, 6.07) is 104. The summed E-state index contributed by atoms with van der Waals surface area (Å²) in [5.41, 5.74) is 16.7. The van der Waals surface area contributed by atoms with Crippen LogP contribution in [0, 0.1) is 0 Å². The highest BCUT2D eigenvalue weighted by atomic mass is 15.2. The Kier molecular flexibility index (Phi) is 10.5. The Morgan fingerprint density at radius 3 is 1.49 bits per heavy atom. The molecule has 0 spiro atoms. The first-order valence-corrected chi connectivity index (χ1v) is 24.3. The molecule has 0 saturated carbocycles. The van der Waals surface area contributed by atoms with Gasteiger partial charge in [0.05, 0.1) is 16.7 Å². The van der Waals surface area contributed by atoms with Gasteiger partial charge in [-0.25, -0.2) is 0 Å². The highest BCUT2D eigenvalue weighted by Gasteiger charge is 2.23. The van der Waals surface area contributed by atoms with Gasteiger partial charge in [0.25, 0.3) is 0 Å². The van der Waals surface area contributed by atoms with E-state index >= 15 is 0 Å². The van der Waals surface area contributed by atoms with Crippen LogP contribution in [0.1, 0.15) is 0 Å². The molecule has 12 aromatic carbocycles. The molecule has 0 bridgehead atoms. The fraction of sp³-hybridized carbons (Fsp3) is 0. The molecule has 0 unspecified atom stereocenters. The van der Waals surface area contributed by atoms with Crippen LogP contribution < -0.4 is 9.80 Å². The molecule has 0 N–H and O–H groups in total. The summed E-state index contributed by atoms with van der Waals surface area (Å²) >= 11 is 0. The van der Waals surface area contributed by atoms with Crippen LogP contribution in [0.15, 0.2) is 285 Å². The molecule has 71 heavy (non-hydrogen) atoms. The minimum atomic E-state index is 1.04. The maximum atomic E-state index is 2.44. The van der Waals surface area contributed by atoms with Crippen molar-refractivity contribution in [3.8, 4) is 39.1 Å². The summed E-state index contributed by atoms with van der Waals surface area (Å²) in [5.74, 6) is 0. The van der Waals surface area contributed by atoms with E-state index < -0.39 is 0 Å². The number of nitrogens with zero attached hydrogens (tertiary/aromatic N) is 3. The van der Waals surface area contributed by atoms with Gasteiger partial charge in [-0.05, 0) is 134 Å². The van der Waals surface area contributed by atoms with Crippen molar-refractivity contribution in [2.24, 2.45) is 0 Å². The average Bonchev–Trinajstić information content (AvgIpc) is 3.78. The lowest BCUT2D eigenvalue weighted by molar-refractivity contribution is 1.18. The first-order valence-electron chi connectivity index (χ1n) is 24.3. The Balaban J connectivity index is 1.08. The number of rotatable bonds is 10.